The molecule has 0 bridgehead atoms. The third kappa shape index (κ3) is 3.40. The summed E-state index contributed by atoms with van der Waals surface area (Å²) < 4.78 is 0. The number of aliphatic hydroxyl groups excluding tert-OH is 1. The molecule has 1 aromatic carbocycles. The summed E-state index contributed by atoms with van der Waals surface area (Å²) >= 11 is 0. The highest BCUT2D eigenvalue weighted by Gasteiger charge is 2.39. The van der Waals surface area contributed by atoms with Crippen molar-refractivity contribution < 1.29 is 15.0 Å². The number of aryl methyl sites for hydroxylation is 1. The van der Waals surface area contributed by atoms with Crippen molar-refractivity contribution in [2.24, 2.45) is 0 Å². The zero-order valence-corrected chi connectivity index (χ0v) is 11.1. The number of aliphatic hydroxyl groups is 2. The van der Waals surface area contributed by atoms with Crippen molar-refractivity contribution in [2.45, 2.75) is 51.2 Å². The van der Waals surface area contributed by atoms with E-state index in [1.54, 1.807) is 13.8 Å². The van der Waals surface area contributed by atoms with Gasteiger partial charge in [0.05, 0.1) is 6.10 Å². The molecule has 0 fully saturated rings. The molecule has 0 aliphatic rings. The predicted octanol–water partition coefficient (Wildman–Crippen LogP) is 2.10. The molecule has 2 N–H and O–H groups in total. The number of hydrogen-bond acceptors (Lipinski definition) is 3. The normalized spacial score (nSPS) is 16.0. The maximum atomic E-state index is 11.7. The van der Waals surface area contributed by atoms with Gasteiger partial charge < -0.3 is 10.2 Å². The number of carbonyl (C=O) groups excluding carboxylic acids is 1. The van der Waals surface area contributed by atoms with Crippen LogP contribution in [-0.2, 0) is 11.2 Å². The fraction of sp³-hybridized carbons (Fsp3) is 0.533. The lowest BCUT2D eigenvalue weighted by Crippen LogP contribution is -2.49. The highest BCUT2D eigenvalue weighted by Crippen LogP contribution is 2.22. The standard InChI is InChI=1S/C15H22O3/c1-3-13(16)15(18,4-2)14(17)11-10-12-8-6-5-7-9-12/h5-9,14,17-18H,3-4,10-11H2,1-2H3. The first kappa shape index (κ1) is 14.9. The Hall–Kier alpha value is -1.19. The van der Waals surface area contributed by atoms with Crippen LogP contribution in [0.15, 0.2) is 30.3 Å². The zero-order chi connectivity index (χ0) is 13.6. The van der Waals surface area contributed by atoms with Crippen molar-refractivity contribution in [1.82, 2.24) is 0 Å². The molecule has 0 heterocycles. The summed E-state index contributed by atoms with van der Waals surface area (Å²) in [5, 5.41) is 20.3. The molecule has 3 heteroatoms. The number of Topliss-reactive ketones (excluding diaryl/α,β-unsaturated/α-hetero) is 1. The van der Waals surface area contributed by atoms with Crippen LogP contribution in [0.3, 0.4) is 0 Å². The minimum Gasteiger partial charge on any atom is -0.390 e. The van der Waals surface area contributed by atoms with Crippen LogP contribution < -0.4 is 0 Å². The van der Waals surface area contributed by atoms with E-state index in [4.69, 9.17) is 0 Å². The van der Waals surface area contributed by atoms with Crippen molar-refractivity contribution >= 4 is 5.78 Å². The summed E-state index contributed by atoms with van der Waals surface area (Å²) in [6, 6.07) is 9.75. The van der Waals surface area contributed by atoms with E-state index < -0.39 is 11.7 Å². The van der Waals surface area contributed by atoms with E-state index in [1.807, 2.05) is 30.3 Å². The van der Waals surface area contributed by atoms with Crippen molar-refractivity contribution in [1.29, 1.82) is 0 Å². The van der Waals surface area contributed by atoms with E-state index in [0.717, 1.165) is 5.56 Å². The van der Waals surface area contributed by atoms with Gasteiger partial charge in [-0.1, -0.05) is 44.2 Å². The van der Waals surface area contributed by atoms with Crippen LogP contribution in [0.5, 0.6) is 0 Å². The maximum Gasteiger partial charge on any atom is 0.166 e. The number of carbonyl (C=O) groups is 1. The molecular formula is C15H22O3. The van der Waals surface area contributed by atoms with Crippen molar-refractivity contribution in [3.05, 3.63) is 35.9 Å². The Morgan fingerprint density at radius 1 is 1.28 bits per heavy atom. The molecule has 0 amide bonds. The van der Waals surface area contributed by atoms with Gasteiger partial charge in [0.1, 0.15) is 5.60 Å². The van der Waals surface area contributed by atoms with Gasteiger partial charge in [0.15, 0.2) is 5.78 Å². The Balaban J connectivity index is 2.63. The highest BCUT2D eigenvalue weighted by molar-refractivity contribution is 5.87. The van der Waals surface area contributed by atoms with E-state index >= 15 is 0 Å². The third-order valence-electron chi connectivity index (χ3n) is 3.44. The molecule has 3 nitrogen and oxygen atoms in total. The topological polar surface area (TPSA) is 57.5 Å². The average molecular weight is 250 g/mol. The fourth-order valence-electron chi connectivity index (χ4n) is 2.11. The lowest BCUT2D eigenvalue weighted by Gasteiger charge is -2.30. The van der Waals surface area contributed by atoms with Gasteiger partial charge in [0.2, 0.25) is 0 Å². The first-order valence-electron chi connectivity index (χ1n) is 6.52. The molecule has 2 unspecified atom stereocenters. The van der Waals surface area contributed by atoms with Gasteiger partial charge in [0, 0.05) is 6.42 Å². The first-order chi connectivity index (χ1) is 8.54. The molecule has 0 saturated heterocycles. The van der Waals surface area contributed by atoms with E-state index in [1.165, 1.54) is 0 Å². The van der Waals surface area contributed by atoms with Crippen molar-refractivity contribution in [3.63, 3.8) is 0 Å². The third-order valence-corrected chi connectivity index (χ3v) is 3.44. The molecular weight excluding hydrogens is 228 g/mol. The largest absolute Gasteiger partial charge is 0.390 e. The average Bonchev–Trinajstić information content (AvgIpc) is 2.43. The van der Waals surface area contributed by atoms with E-state index in [2.05, 4.69) is 0 Å². The molecule has 0 radical (unpaired) electrons. The fourth-order valence-corrected chi connectivity index (χ4v) is 2.11. The summed E-state index contributed by atoms with van der Waals surface area (Å²) in [5.74, 6) is -0.287. The van der Waals surface area contributed by atoms with E-state index in [0.29, 0.717) is 12.8 Å². The second-order valence-corrected chi connectivity index (χ2v) is 4.59. The number of benzene rings is 1. The van der Waals surface area contributed by atoms with Gasteiger partial charge in [-0.2, -0.15) is 0 Å². The smallest absolute Gasteiger partial charge is 0.166 e. The Kier molecular flexibility index (Phi) is 5.51. The molecule has 0 aromatic heterocycles. The quantitative estimate of drug-likeness (QED) is 0.779. The molecule has 1 aromatic rings. The number of ketones is 1. The minimum absolute atomic E-state index is 0.243. The van der Waals surface area contributed by atoms with Gasteiger partial charge in [-0.3, -0.25) is 4.79 Å². The Bertz CT molecular complexity index is 375. The summed E-state index contributed by atoms with van der Waals surface area (Å²) in [4.78, 5) is 11.7. The van der Waals surface area contributed by atoms with Crippen LogP contribution >= 0.6 is 0 Å². The zero-order valence-electron chi connectivity index (χ0n) is 11.1. The SMILES string of the molecule is CCC(=O)C(O)(CC)C(O)CCc1ccccc1. The van der Waals surface area contributed by atoms with Crippen LogP contribution in [0.25, 0.3) is 0 Å². The van der Waals surface area contributed by atoms with Gasteiger partial charge in [-0.25, -0.2) is 0 Å². The van der Waals surface area contributed by atoms with Gasteiger partial charge in [-0.15, -0.1) is 0 Å². The Morgan fingerprint density at radius 3 is 2.39 bits per heavy atom. The molecule has 2 atom stereocenters. The van der Waals surface area contributed by atoms with Crippen LogP contribution in [0.2, 0.25) is 0 Å². The second kappa shape index (κ2) is 6.66. The van der Waals surface area contributed by atoms with E-state index in [-0.39, 0.29) is 18.6 Å². The molecule has 0 aliphatic carbocycles. The predicted molar refractivity (Wildman–Crippen MR) is 71.3 cm³/mol. The summed E-state index contributed by atoms with van der Waals surface area (Å²) in [5.41, 5.74) is -0.497. The van der Waals surface area contributed by atoms with Crippen LogP contribution in [0.4, 0.5) is 0 Å². The summed E-state index contributed by atoms with van der Waals surface area (Å²) in [6.07, 6.45) is 0.527. The van der Waals surface area contributed by atoms with Crippen molar-refractivity contribution in [2.75, 3.05) is 0 Å². The Labute approximate surface area is 108 Å². The first-order valence-corrected chi connectivity index (χ1v) is 6.52. The molecule has 0 saturated carbocycles. The number of hydrogen-bond donors (Lipinski definition) is 2. The maximum absolute atomic E-state index is 11.7. The van der Waals surface area contributed by atoms with Crippen molar-refractivity contribution in [3.8, 4) is 0 Å². The van der Waals surface area contributed by atoms with E-state index in [9.17, 15) is 15.0 Å². The molecule has 1 rings (SSSR count). The van der Waals surface area contributed by atoms with Gasteiger partial charge in [-0.05, 0) is 24.8 Å². The molecule has 0 spiro atoms. The lowest BCUT2D eigenvalue weighted by atomic mass is 9.84. The van der Waals surface area contributed by atoms with Gasteiger partial charge in [0.25, 0.3) is 0 Å². The van der Waals surface area contributed by atoms with Crippen LogP contribution in [0.1, 0.15) is 38.7 Å². The Morgan fingerprint density at radius 2 is 1.89 bits per heavy atom. The second-order valence-electron chi connectivity index (χ2n) is 4.59. The van der Waals surface area contributed by atoms with Gasteiger partial charge >= 0.3 is 0 Å². The molecule has 18 heavy (non-hydrogen) atoms. The summed E-state index contributed by atoms with van der Waals surface area (Å²) in [7, 11) is 0. The summed E-state index contributed by atoms with van der Waals surface area (Å²) in [6.45, 7) is 3.42. The molecule has 0 aliphatic heterocycles. The lowest BCUT2D eigenvalue weighted by molar-refractivity contribution is -0.151. The number of rotatable bonds is 7. The molecule has 100 valence electrons. The van der Waals surface area contributed by atoms with Crippen LogP contribution in [-0.4, -0.2) is 27.7 Å². The van der Waals surface area contributed by atoms with Crippen LogP contribution in [0, 0.1) is 0 Å². The monoisotopic (exact) mass is 250 g/mol. The minimum atomic E-state index is -1.59. The highest BCUT2D eigenvalue weighted by atomic mass is 16.3.